The van der Waals surface area contributed by atoms with E-state index in [1.807, 2.05) is 73.7 Å². The Morgan fingerprint density at radius 1 is 0.878 bits per heavy atom. The normalized spacial score (nSPS) is 11.3. The number of phenolic OH excluding ortho intramolecular Hbond substituents is 1. The predicted molar refractivity (Wildman–Crippen MR) is 164 cm³/mol. The monoisotopic (exact) mass is 572 g/mol. The lowest BCUT2D eigenvalue weighted by Crippen LogP contribution is -2.22. The molecule has 4 aromatic rings. The highest BCUT2D eigenvalue weighted by atomic mass is 32.2. The van der Waals surface area contributed by atoms with Crippen molar-refractivity contribution in [1.82, 2.24) is 5.32 Å². The van der Waals surface area contributed by atoms with Gasteiger partial charge in [-0.25, -0.2) is 8.42 Å². The molecule has 0 aliphatic carbocycles. The molecule has 0 unspecified atom stereocenters. The molecule has 0 aliphatic rings. The summed E-state index contributed by atoms with van der Waals surface area (Å²) in [5, 5.41) is 12.0. The third-order valence-electron chi connectivity index (χ3n) is 6.69. The summed E-state index contributed by atoms with van der Waals surface area (Å²) >= 11 is 0. The summed E-state index contributed by atoms with van der Waals surface area (Å²) in [6.07, 6.45) is 1.54. The molecule has 41 heavy (non-hydrogen) atoms. The summed E-state index contributed by atoms with van der Waals surface area (Å²) < 4.78 is 32.9. The maximum atomic E-state index is 12.8. The second-order valence-electron chi connectivity index (χ2n) is 10.3. The van der Waals surface area contributed by atoms with Gasteiger partial charge in [0.15, 0.2) is 0 Å². The van der Waals surface area contributed by atoms with Crippen LogP contribution in [0, 0.1) is 6.92 Å². The highest BCUT2D eigenvalue weighted by Crippen LogP contribution is 2.23. The van der Waals surface area contributed by atoms with Crippen molar-refractivity contribution in [1.29, 1.82) is 0 Å². The zero-order valence-electron chi connectivity index (χ0n) is 23.6. The first-order chi connectivity index (χ1) is 19.6. The average Bonchev–Trinajstić information content (AvgIpc) is 2.95. The Morgan fingerprint density at radius 2 is 1.63 bits per heavy atom. The Morgan fingerprint density at radius 3 is 2.37 bits per heavy atom. The van der Waals surface area contributed by atoms with Crippen LogP contribution in [0.5, 0.6) is 11.5 Å². The Labute approximate surface area is 242 Å². The molecule has 0 heterocycles. The Hall–Kier alpha value is -4.30. The van der Waals surface area contributed by atoms with Gasteiger partial charge in [0.25, 0.3) is 5.91 Å². The van der Waals surface area contributed by atoms with Gasteiger partial charge in [-0.15, -0.1) is 0 Å². The number of rotatable bonds is 12. The molecule has 4 rings (SSSR count). The van der Waals surface area contributed by atoms with Crippen LogP contribution in [0.25, 0.3) is 11.1 Å². The molecule has 0 saturated heterocycles. The number of benzene rings is 4. The van der Waals surface area contributed by atoms with Crippen LogP contribution in [0.4, 0.5) is 5.69 Å². The quantitative estimate of drug-likeness (QED) is 0.169. The van der Waals surface area contributed by atoms with E-state index in [4.69, 9.17) is 4.74 Å². The van der Waals surface area contributed by atoms with E-state index in [9.17, 15) is 18.3 Å². The molecule has 0 atom stereocenters. The van der Waals surface area contributed by atoms with Crippen LogP contribution >= 0.6 is 0 Å². The number of sulfonamides is 1. The first-order valence-corrected chi connectivity index (χ1v) is 15.2. The van der Waals surface area contributed by atoms with Gasteiger partial charge in [0.2, 0.25) is 10.0 Å². The Kier molecular flexibility index (Phi) is 9.68. The number of nitrogens with one attached hydrogen (secondary N) is 2. The molecule has 0 fully saturated rings. The number of aryl methyl sites for hydroxylation is 2. The molecule has 8 heteroatoms. The average molecular weight is 573 g/mol. The molecule has 0 bridgehead atoms. The first-order valence-electron chi connectivity index (χ1n) is 13.6. The van der Waals surface area contributed by atoms with Crippen molar-refractivity contribution < 1.29 is 23.1 Å². The van der Waals surface area contributed by atoms with E-state index in [0.29, 0.717) is 24.4 Å². The standard InChI is InChI=1S/C33H36N2O5S/c1-23(2)41(38,39)35-30-11-4-7-25(20-30)8-6-18-40-32-17-12-26(19-24(32)3)22-34-33(37)29-10-5-9-28(21-29)27-13-15-31(36)16-14-27/h4-5,7,9-17,19-21,23,35-36H,6,8,18,22H2,1-3H3,(H,34,37). The lowest BCUT2D eigenvalue weighted by molar-refractivity contribution is 0.0951. The molecular weight excluding hydrogens is 536 g/mol. The molecule has 0 aromatic heterocycles. The maximum absolute atomic E-state index is 12.8. The van der Waals surface area contributed by atoms with Crippen LogP contribution in [0.15, 0.2) is 91.0 Å². The fourth-order valence-electron chi connectivity index (χ4n) is 4.29. The van der Waals surface area contributed by atoms with Gasteiger partial charge < -0.3 is 15.2 Å². The smallest absolute Gasteiger partial charge is 0.251 e. The largest absolute Gasteiger partial charge is 0.508 e. The van der Waals surface area contributed by atoms with Crippen molar-refractivity contribution in [2.45, 2.75) is 45.4 Å². The maximum Gasteiger partial charge on any atom is 0.251 e. The summed E-state index contributed by atoms with van der Waals surface area (Å²) in [7, 11) is -3.38. The van der Waals surface area contributed by atoms with E-state index in [2.05, 4.69) is 10.0 Å². The van der Waals surface area contributed by atoms with Crippen LogP contribution in [-0.4, -0.2) is 31.3 Å². The number of phenols is 1. The fourth-order valence-corrected chi connectivity index (χ4v) is 4.98. The molecule has 3 N–H and O–H groups in total. The summed E-state index contributed by atoms with van der Waals surface area (Å²) in [4.78, 5) is 12.8. The number of ether oxygens (including phenoxy) is 1. The fraction of sp³-hybridized carbons (Fsp3) is 0.242. The lowest BCUT2D eigenvalue weighted by atomic mass is 10.0. The topological polar surface area (TPSA) is 105 Å². The molecule has 4 aromatic carbocycles. The van der Waals surface area contributed by atoms with Gasteiger partial charge in [-0.1, -0.05) is 48.5 Å². The minimum atomic E-state index is -3.38. The van der Waals surface area contributed by atoms with Crippen molar-refractivity contribution in [2.75, 3.05) is 11.3 Å². The van der Waals surface area contributed by atoms with E-state index in [-0.39, 0.29) is 11.7 Å². The highest BCUT2D eigenvalue weighted by molar-refractivity contribution is 7.93. The molecule has 0 spiro atoms. The number of anilines is 1. The second kappa shape index (κ2) is 13.4. The van der Waals surface area contributed by atoms with Crippen LogP contribution in [0.1, 0.15) is 47.3 Å². The van der Waals surface area contributed by atoms with Crippen molar-refractivity contribution in [3.8, 4) is 22.6 Å². The van der Waals surface area contributed by atoms with Gasteiger partial charge in [-0.05, 0) is 104 Å². The Bertz CT molecular complexity index is 1600. The molecule has 214 valence electrons. The zero-order chi connectivity index (χ0) is 29.4. The van der Waals surface area contributed by atoms with Crippen molar-refractivity contribution in [3.63, 3.8) is 0 Å². The van der Waals surface area contributed by atoms with E-state index in [0.717, 1.165) is 46.4 Å². The summed E-state index contributed by atoms with van der Waals surface area (Å²) in [5.74, 6) is 0.830. The van der Waals surface area contributed by atoms with E-state index in [1.54, 1.807) is 38.1 Å². The van der Waals surface area contributed by atoms with Crippen LogP contribution in [0.3, 0.4) is 0 Å². The van der Waals surface area contributed by atoms with Crippen LogP contribution in [0.2, 0.25) is 0 Å². The van der Waals surface area contributed by atoms with Crippen LogP contribution in [-0.2, 0) is 23.0 Å². The summed E-state index contributed by atoms with van der Waals surface area (Å²) in [6.45, 7) is 6.19. The third-order valence-corrected chi connectivity index (χ3v) is 8.45. The number of amides is 1. The number of hydrogen-bond donors (Lipinski definition) is 3. The SMILES string of the molecule is Cc1cc(CNC(=O)c2cccc(-c3ccc(O)cc3)c2)ccc1OCCCc1cccc(NS(=O)(=O)C(C)C)c1. The summed E-state index contributed by atoms with van der Waals surface area (Å²) in [6, 6.07) is 27.6. The number of hydrogen-bond acceptors (Lipinski definition) is 5. The lowest BCUT2D eigenvalue weighted by Gasteiger charge is -2.13. The van der Waals surface area contributed by atoms with Crippen molar-refractivity contribution >= 4 is 21.6 Å². The highest BCUT2D eigenvalue weighted by Gasteiger charge is 2.15. The third kappa shape index (κ3) is 8.35. The molecule has 1 amide bonds. The minimum Gasteiger partial charge on any atom is -0.508 e. The molecule has 0 radical (unpaired) electrons. The van der Waals surface area contributed by atoms with E-state index < -0.39 is 15.3 Å². The molecule has 7 nitrogen and oxygen atoms in total. The van der Waals surface area contributed by atoms with Gasteiger partial charge in [0.1, 0.15) is 11.5 Å². The molecular formula is C33H36N2O5S. The van der Waals surface area contributed by atoms with Gasteiger partial charge >= 0.3 is 0 Å². The molecule has 0 saturated carbocycles. The summed E-state index contributed by atoms with van der Waals surface area (Å²) in [5.41, 5.74) is 5.95. The van der Waals surface area contributed by atoms with Gasteiger partial charge in [-0.2, -0.15) is 0 Å². The van der Waals surface area contributed by atoms with Crippen LogP contribution < -0.4 is 14.8 Å². The van der Waals surface area contributed by atoms with E-state index in [1.165, 1.54) is 0 Å². The number of carbonyl (C=O) groups is 1. The number of aromatic hydroxyl groups is 1. The predicted octanol–water partition coefficient (Wildman–Crippen LogP) is 6.46. The van der Waals surface area contributed by atoms with Gasteiger partial charge in [0.05, 0.1) is 11.9 Å². The minimum absolute atomic E-state index is 0.162. The zero-order valence-corrected chi connectivity index (χ0v) is 24.4. The second-order valence-corrected chi connectivity index (χ2v) is 12.5. The van der Waals surface area contributed by atoms with E-state index >= 15 is 0 Å². The Balaban J connectivity index is 1.26. The first kappa shape index (κ1) is 29.7. The van der Waals surface area contributed by atoms with Crippen molar-refractivity contribution in [2.24, 2.45) is 0 Å². The molecule has 0 aliphatic heterocycles. The number of carbonyl (C=O) groups excluding carboxylic acids is 1. The van der Waals surface area contributed by atoms with Crippen molar-refractivity contribution in [3.05, 3.63) is 113 Å². The van der Waals surface area contributed by atoms with Gasteiger partial charge in [0, 0.05) is 17.8 Å². The van der Waals surface area contributed by atoms with Gasteiger partial charge in [-0.3, -0.25) is 9.52 Å².